The number of aliphatic hydroxyl groups excluding tert-OH is 2. The molecule has 0 saturated carbocycles. The van der Waals surface area contributed by atoms with Crippen LogP contribution in [-0.2, 0) is 4.79 Å². The van der Waals surface area contributed by atoms with Gasteiger partial charge in [-0.3, -0.25) is 4.79 Å². The molecule has 1 amide bonds. The third-order valence-corrected chi connectivity index (χ3v) is 8.47. The summed E-state index contributed by atoms with van der Waals surface area (Å²) in [5.41, 5.74) is 0. The van der Waals surface area contributed by atoms with Gasteiger partial charge in [-0.2, -0.15) is 0 Å². The highest BCUT2D eigenvalue weighted by molar-refractivity contribution is 5.76. The summed E-state index contributed by atoms with van der Waals surface area (Å²) in [4.78, 5) is 12.3. The van der Waals surface area contributed by atoms with Crippen molar-refractivity contribution in [2.75, 3.05) is 6.61 Å². The van der Waals surface area contributed by atoms with Gasteiger partial charge in [0.2, 0.25) is 5.91 Å². The Bertz CT molecular complexity index is 603. The number of carbonyl (C=O) groups excluding carboxylic acids is 1. The second kappa shape index (κ2) is 34.4. The quantitative estimate of drug-likeness (QED) is 0.0525. The molecule has 0 bridgehead atoms. The number of rotatable bonds is 33. The average molecular weight is 592 g/mol. The Morgan fingerprint density at radius 2 is 0.976 bits per heavy atom. The minimum Gasteiger partial charge on any atom is -0.394 e. The first-order valence-electron chi connectivity index (χ1n) is 18.5. The molecule has 0 saturated heterocycles. The highest BCUT2D eigenvalue weighted by Crippen LogP contribution is 2.15. The fourth-order valence-electron chi connectivity index (χ4n) is 5.57. The largest absolute Gasteiger partial charge is 0.394 e. The van der Waals surface area contributed by atoms with Crippen molar-refractivity contribution in [2.24, 2.45) is 0 Å². The Balaban J connectivity index is 3.58. The molecule has 0 aromatic carbocycles. The van der Waals surface area contributed by atoms with Gasteiger partial charge in [0, 0.05) is 6.42 Å². The number of nitrogens with one attached hydrogen (secondary N) is 1. The third-order valence-electron chi connectivity index (χ3n) is 8.47. The van der Waals surface area contributed by atoms with Gasteiger partial charge in [0.1, 0.15) is 0 Å². The van der Waals surface area contributed by atoms with Gasteiger partial charge in [0.15, 0.2) is 0 Å². The summed E-state index contributed by atoms with van der Waals surface area (Å²) in [6, 6.07) is -0.536. The lowest BCUT2D eigenvalue weighted by Crippen LogP contribution is -2.45. The molecule has 0 heterocycles. The van der Waals surface area contributed by atoms with Crippen LogP contribution in [-0.4, -0.2) is 34.9 Å². The van der Waals surface area contributed by atoms with E-state index in [1.807, 2.05) is 0 Å². The van der Waals surface area contributed by atoms with Crippen LogP contribution in [0.5, 0.6) is 0 Å². The van der Waals surface area contributed by atoms with Crippen LogP contribution in [0.3, 0.4) is 0 Å². The molecular weight excluding hydrogens is 518 g/mol. The molecule has 3 N–H and O–H groups in total. The van der Waals surface area contributed by atoms with Crippen LogP contribution < -0.4 is 5.32 Å². The maximum absolute atomic E-state index is 12.3. The highest BCUT2D eigenvalue weighted by atomic mass is 16.3. The SMILES string of the molecule is CCCCC/C=C\C/C=C\CCCCCCCCCC(=O)NC(CO)C(O)CCCCCCCCCCCCCCC. The zero-order valence-electron chi connectivity index (χ0n) is 28.3. The zero-order chi connectivity index (χ0) is 30.8. The van der Waals surface area contributed by atoms with E-state index < -0.39 is 12.1 Å². The van der Waals surface area contributed by atoms with E-state index in [9.17, 15) is 15.0 Å². The number of hydrogen-bond donors (Lipinski definition) is 3. The molecule has 2 unspecified atom stereocenters. The van der Waals surface area contributed by atoms with Crippen molar-refractivity contribution in [1.82, 2.24) is 5.32 Å². The first kappa shape index (κ1) is 40.9. The topological polar surface area (TPSA) is 69.6 Å². The van der Waals surface area contributed by atoms with Crippen LogP contribution in [0.4, 0.5) is 0 Å². The first-order chi connectivity index (χ1) is 20.7. The van der Waals surface area contributed by atoms with Crippen LogP contribution in [0.15, 0.2) is 24.3 Å². The third kappa shape index (κ3) is 30.3. The number of carbonyl (C=O) groups is 1. The van der Waals surface area contributed by atoms with Crippen molar-refractivity contribution in [3.8, 4) is 0 Å². The molecule has 248 valence electrons. The number of unbranched alkanes of at least 4 members (excludes halogenated alkanes) is 22. The van der Waals surface area contributed by atoms with Gasteiger partial charge in [-0.1, -0.05) is 167 Å². The molecule has 4 heteroatoms. The lowest BCUT2D eigenvalue weighted by molar-refractivity contribution is -0.123. The summed E-state index contributed by atoms with van der Waals surface area (Å²) < 4.78 is 0. The molecule has 0 aromatic rings. The lowest BCUT2D eigenvalue weighted by atomic mass is 10.0. The van der Waals surface area contributed by atoms with E-state index in [-0.39, 0.29) is 12.5 Å². The van der Waals surface area contributed by atoms with Crippen molar-refractivity contribution in [1.29, 1.82) is 0 Å². The molecule has 2 atom stereocenters. The molecule has 0 aliphatic heterocycles. The van der Waals surface area contributed by atoms with E-state index >= 15 is 0 Å². The lowest BCUT2D eigenvalue weighted by Gasteiger charge is -2.22. The molecule has 0 spiro atoms. The van der Waals surface area contributed by atoms with Crippen LogP contribution in [0, 0.1) is 0 Å². The monoisotopic (exact) mass is 592 g/mol. The Hall–Kier alpha value is -1.13. The summed E-state index contributed by atoms with van der Waals surface area (Å²) in [5, 5.41) is 23.0. The highest BCUT2D eigenvalue weighted by Gasteiger charge is 2.19. The minimum absolute atomic E-state index is 0.0407. The molecule has 0 aliphatic carbocycles. The van der Waals surface area contributed by atoms with Crippen molar-refractivity contribution in [3.63, 3.8) is 0 Å². The number of aliphatic hydroxyl groups is 2. The van der Waals surface area contributed by atoms with Gasteiger partial charge >= 0.3 is 0 Å². The summed E-state index contributed by atoms with van der Waals surface area (Å²) >= 11 is 0. The van der Waals surface area contributed by atoms with Crippen LogP contribution in [0.1, 0.15) is 194 Å². The van der Waals surface area contributed by atoms with E-state index in [1.165, 1.54) is 135 Å². The van der Waals surface area contributed by atoms with Gasteiger partial charge in [-0.15, -0.1) is 0 Å². The van der Waals surface area contributed by atoms with Crippen LogP contribution >= 0.6 is 0 Å². The zero-order valence-corrected chi connectivity index (χ0v) is 28.3. The fraction of sp³-hybridized carbons (Fsp3) is 0.868. The summed E-state index contributed by atoms with van der Waals surface area (Å²) in [7, 11) is 0. The summed E-state index contributed by atoms with van der Waals surface area (Å²) in [6.07, 6.45) is 42.2. The molecule has 0 aromatic heterocycles. The van der Waals surface area contributed by atoms with Crippen molar-refractivity contribution in [3.05, 3.63) is 24.3 Å². The number of amides is 1. The Labute approximate surface area is 262 Å². The van der Waals surface area contributed by atoms with Gasteiger partial charge in [0.05, 0.1) is 18.8 Å². The number of hydrogen-bond acceptors (Lipinski definition) is 3. The standard InChI is InChI=1S/C38H73NO3/c1-3-5-7-9-11-13-15-17-18-19-20-22-24-26-28-30-32-34-38(42)39-36(35-40)37(41)33-31-29-27-25-23-21-16-14-12-10-8-6-4-2/h11,13,17-18,36-37,40-41H,3-10,12,14-16,19-35H2,1-2H3,(H,39,42)/b13-11-,18-17-. The smallest absolute Gasteiger partial charge is 0.220 e. The first-order valence-corrected chi connectivity index (χ1v) is 18.5. The Kier molecular flexibility index (Phi) is 33.4. The Morgan fingerprint density at radius 3 is 1.48 bits per heavy atom. The molecule has 0 aliphatic rings. The molecule has 42 heavy (non-hydrogen) atoms. The molecule has 4 nitrogen and oxygen atoms in total. The predicted octanol–water partition coefficient (Wildman–Crippen LogP) is 10.9. The van der Waals surface area contributed by atoms with Crippen LogP contribution in [0.2, 0.25) is 0 Å². The molecular formula is C38H73NO3. The summed E-state index contributed by atoms with van der Waals surface area (Å²) in [5.74, 6) is -0.0407. The maximum Gasteiger partial charge on any atom is 0.220 e. The maximum atomic E-state index is 12.3. The summed E-state index contributed by atoms with van der Waals surface area (Å²) in [6.45, 7) is 4.32. The van der Waals surface area contributed by atoms with Gasteiger partial charge in [-0.05, 0) is 44.9 Å². The van der Waals surface area contributed by atoms with E-state index in [4.69, 9.17) is 0 Å². The molecule has 0 rings (SSSR count). The van der Waals surface area contributed by atoms with E-state index in [0.29, 0.717) is 12.8 Å². The Morgan fingerprint density at radius 1 is 0.571 bits per heavy atom. The number of allylic oxidation sites excluding steroid dienone is 4. The fourth-order valence-corrected chi connectivity index (χ4v) is 5.57. The van der Waals surface area contributed by atoms with Crippen molar-refractivity contribution < 1.29 is 15.0 Å². The van der Waals surface area contributed by atoms with E-state index in [2.05, 4.69) is 43.5 Å². The van der Waals surface area contributed by atoms with Crippen molar-refractivity contribution >= 4 is 5.91 Å². The second-order valence-electron chi connectivity index (χ2n) is 12.6. The van der Waals surface area contributed by atoms with Crippen LogP contribution in [0.25, 0.3) is 0 Å². The normalized spacial score (nSPS) is 13.3. The van der Waals surface area contributed by atoms with Gasteiger partial charge in [0.25, 0.3) is 0 Å². The van der Waals surface area contributed by atoms with Gasteiger partial charge in [-0.25, -0.2) is 0 Å². The van der Waals surface area contributed by atoms with Gasteiger partial charge < -0.3 is 15.5 Å². The molecule has 0 radical (unpaired) electrons. The van der Waals surface area contributed by atoms with E-state index in [1.54, 1.807) is 0 Å². The average Bonchev–Trinajstić information content (AvgIpc) is 2.99. The minimum atomic E-state index is -0.659. The van der Waals surface area contributed by atoms with Crippen molar-refractivity contribution in [2.45, 2.75) is 206 Å². The molecule has 0 fully saturated rings. The second-order valence-corrected chi connectivity index (χ2v) is 12.6. The van der Waals surface area contributed by atoms with E-state index in [0.717, 1.165) is 32.1 Å². The predicted molar refractivity (Wildman–Crippen MR) is 184 cm³/mol.